The second-order valence-electron chi connectivity index (χ2n) is 8.59. The van der Waals surface area contributed by atoms with E-state index in [1.807, 2.05) is 30.3 Å². The monoisotopic (exact) mass is 478 g/mol. The van der Waals surface area contributed by atoms with Crippen LogP contribution < -0.4 is 5.32 Å². The van der Waals surface area contributed by atoms with Crippen LogP contribution in [0.3, 0.4) is 0 Å². The average Bonchev–Trinajstić information content (AvgIpc) is 3.22. The van der Waals surface area contributed by atoms with E-state index in [0.717, 1.165) is 42.1 Å². The summed E-state index contributed by atoms with van der Waals surface area (Å²) in [5, 5.41) is 13.1. The van der Waals surface area contributed by atoms with Gasteiger partial charge in [0.05, 0.1) is 18.7 Å². The molecule has 2 aromatic rings. The molecule has 1 fully saturated rings. The van der Waals surface area contributed by atoms with Crippen molar-refractivity contribution in [1.82, 2.24) is 9.80 Å². The van der Waals surface area contributed by atoms with Crippen molar-refractivity contribution in [3.8, 4) is 6.07 Å². The van der Waals surface area contributed by atoms with Gasteiger partial charge in [-0.3, -0.25) is 4.79 Å². The van der Waals surface area contributed by atoms with E-state index in [2.05, 4.69) is 16.3 Å². The van der Waals surface area contributed by atoms with Crippen molar-refractivity contribution in [1.29, 1.82) is 5.26 Å². The molecule has 2 aliphatic rings. The molecule has 2 aliphatic heterocycles. The lowest BCUT2D eigenvalue weighted by Crippen LogP contribution is -2.36. The van der Waals surface area contributed by atoms with Crippen LogP contribution in [0.2, 0.25) is 0 Å². The van der Waals surface area contributed by atoms with Crippen LogP contribution in [-0.2, 0) is 22.5 Å². The minimum atomic E-state index is -0.312. The van der Waals surface area contributed by atoms with Crippen LogP contribution >= 0.6 is 11.3 Å². The van der Waals surface area contributed by atoms with Crippen molar-refractivity contribution >= 4 is 34.4 Å². The molecule has 34 heavy (non-hydrogen) atoms. The minimum Gasteiger partial charge on any atom is -0.449 e. The molecule has 1 aromatic carbocycles. The Hall–Kier alpha value is -3.15. The molecular formula is C26H30N4O3S. The number of nitrogens with zero attached hydrogens (tertiary/aromatic N) is 3. The molecule has 0 saturated carbocycles. The maximum Gasteiger partial charge on any atom is 0.410 e. The largest absolute Gasteiger partial charge is 0.449 e. The maximum absolute atomic E-state index is 12.6. The van der Waals surface area contributed by atoms with Crippen LogP contribution in [0.15, 0.2) is 36.4 Å². The predicted molar refractivity (Wildman–Crippen MR) is 134 cm³/mol. The first kappa shape index (κ1) is 24.0. The molecule has 4 rings (SSSR count). The summed E-state index contributed by atoms with van der Waals surface area (Å²) in [6.45, 7) is 4.57. The molecule has 3 heterocycles. The molecule has 0 atom stereocenters. The van der Waals surface area contributed by atoms with Gasteiger partial charge in [0.1, 0.15) is 11.1 Å². The van der Waals surface area contributed by atoms with Crippen LogP contribution in [0.1, 0.15) is 47.3 Å². The minimum absolute atomic E-state index is 0.288. The topological polar surface area (TPSA) is 85.7 Å². The average molecular weight is 479 g/mol. The number of rotatable bonds is 7. The summed E-state index contributed by atoms with van der Waals surface area (Å²) < 4.78 is 5.51. The highest BCUT2D eigenvalue weighted by molar-refractivity contribution is 7.16. The van der Waals surface area contributed by atoms with E-state index in [-0.39, 0.29) is 12.0 Å². The highest BCUT2D eigenvalue weighted by Gasteiger charge is 2.28. The SMILES string of the molecule is N#Cc1c(NC(=O)/C=C/c2ccccc2)sc2c1CCN(C(=O)OCCCN1CCCCC1)C2. The summed E-state index contributed by atoms with van der Waals surface area (Å²) in [7, 11) is 0. The van der Waals surface area contributed by atoms with Crippen LogP contribution in [0.4, 0.5) is 9.80 Å². The van der Waals surface area contributed by atoms with Gasteiger partial charge in [-0.25, -0.2) is 4.79 Å². The van der Waals surface area contributed by atoms with Gasteiger partial charge in [-0.15, -0.1) is 11.3 Å². The van der Waals surface area contributed by atoms with Gasteiger partial charge < -0.3 is 19.9 Å². The molecular weight excluding hydrogens is 448 g/mol. The number of fused-ring (bicyclic) bond motifs is 1. The first-order chi connectivity index (χ1) is 16.6. The Morgan fingerprint density at radius 2 is 1.94 bits per heavy atom. The van der Waals surface area contributed by atoms with E-state index in [4.69, 9.17) is 4.74 Å². The number of carbonyl (C=O) groups is 2. The molecule has 0 aliphatic carbocycles. The molecule has 1 aromatic heterocycles. The lowest BCUT2D eigenvalue weighted by atomic mass is 10.0. The molecule has 1 saturated heterocycles. The van der Waals surface area contributed by atoms with Crippen LogP contribution in [0, 0.1) is 11.3 Å². The Bertz CT molecular complexity index is 1070. The van der Waals surface area contributed by atoms with Gasteiger partial charge in [-0.05, 0) is 56.0 Å². The zero-order valence-electron chi connectivity index (χ0n) is 19.3. The zero-order valence-corrected chi connectivity index (χ0v) is 20.1. The number of likely N-dealkylation sites (tertiary alicyclic amines) is 1. The third-order valence-corrected chi connectivity index (χ3v) is 7.32. The fourth-order valence-corrected chi connectivity index (χ4v) is 5.59. The summed E-state index contributed by atoms with van der Waals surface area (Å²) >= 11 is 1.36. The second-order valence-corrected chi connectivity index (χ2v) is 9.70. The van der Waals surface area contributed by atoms with E-state index in [9.17, 15) is 14.9 Å². The van der Waals surface area contributed by atoms with Crippen LogP contribution in [-0.4, -0.2) is 54.6 Å². The summed E-state index contributed by atoms with van der Waals surface area (Å²) in [6, 6.07) is 11.8. The van der Waals surface area contributed by atoms with Crippen molar-refractivity contribution in [2.24, 2.45) is 0 Å². The van der Waals surface area contributed by atoms with Crippen molar-refractivity contribution in [3.05, 3.63) is 58.0 Å². The van der Waals surface area contributed by atoms with Crippen molar-refractivity contribution in [2.75, 3.05) is 38.1 Å². The number of carbonyl (C=O) groups excluding carboxylic acids is 2. The summed E-state index contributed by atoms with van der Waals surface area (Å²) in [5.74, 6) is -0.288. The Kier molecular flexibility index (Phi) is 8.34. The first-order valence-corrected chi connectivity index (χ1v) is 12.7. The highest BCUT2D eigenvalue weighted by atomic mass is 32.1. The van der Waals surface area contributed by atoms with E-state index in [1.165, 1.54) is 36.7 Å². The standard InChI is InChI=1S/C26H30N4O3S/c27-18-22-21-12-16-30(26(32)33-17-7-15-29-13-5-2-6-14-29)19-23(21)34-25(22)28-24(31)11-10-20-8-3-1-4-9-20/h1,3-4,8-11H,2,5-7,12-17,19H2,(H,28,31)/b11-10+. The van der Waals surface area contributed by atoms with Gasteiger partial charge >= 0.3 is 6.09 Å². The number of benzene rings is 1. The number of nitriles is 1. The maximum atomic E-state index is 12.6. The van der Waals surface area contributed by atoms with Gasteiger partial charge in [-0.1, -0.05) is 36.8 Å². The number of hydrogen-bond donors (Lipinski definition) is 1. The number of nitrogens with one attached hydrogen (secondary N) is 1. The Morgan fingerprint density at radius 1 is 1.15 bits per heavy atom. The van der Waals surface area contributed by atoms with Crippen LogP contribution in [0.5, 0.6) is 0 Å². The molecule has 0 unspecified atom stereocenters. The second kappa shape index (κ2) is 11.8. The summed E-state index contributed by atoms with van der Waals surface area (Å²) in [4.78, 5) is 30.0. The van der Waals surface area contributed by atoms with Gasteiger partial charge in [-0.2, -0.15) is 5.26 Å². The number of amides is 2. The lowest BCUT2D eigenvalue weighted by molar-refractivity contribution is -0.111. The lowest BCUT2D eigenvalue weighted by Gasteiger charge is -2.27. The normalized spacial score (nSPS) is 16.1. The van der Waals surface area contributed by atoms with Gasteiger partial charge in [0.25, 0.3) is 0 Å². The third-order valence-electron chi connectivity index (χ3n) is 6.18. The number of ether oxygens (including phenoxy) is 1. The van der Waals surface area contributed by atoms with E-state index in [1.54, 1.807) is 11.0 Å². The molecule has 178 valence electrons. The first-order valence-electron chi connectivity index (χ1n) is 11.9. The predicted octanol–water partition coefficient (Wildman–Crippen LogP) is 4.64. The smallest absolute Gasteiger partial charge is 0.410 e. The zero-order chi connectivity index (χ0) is 23.8. The molecule has 2 amide bonds. The van der Waals surface area contributed by atoms with Gasteiger partial charge in [0.15, 0.2) is 0 Å². The molecule has 8 heteroatoms. The van der Waals surface area contributed by atoms with Crippen molar-refractivity contribution in [2.45, 2.75) is 38.6 Å². The number of anilines is 1. The molecule has 7 nitrogen and oxygen atoms in total. The quantitative estimate of drug-likeness (QED) is 0.463. The van der Waals surface area contributed by atoms with Gasteiger partial charge in [0, 0.05) is 24.0 Å². The summed E-state index contributed by atoms with van der Waals surface area (Å²) in [6.07, 6.45) is 8.13. The Labute approximate surface area is 204 Å². The van der Waals surface area contributed by atoms with E-state index >= 15 is 0 Å². The molecule has 1 N–H and O–H groups in total. The molecule has 0 bridgehead atoms. The number of piperidine rings is 1. The number of hydrogen-bond acceptors (Lipinski definition) is 6. The Balaban J connectivity index is 1.30. The third kappa shape index (κ3) is 6.25. The Morgan fingerprint density at radius 3 is 2.71 bits per heavy atom. The number of thiophene rings is 1. The van der Waals surface area contributed by atoms with Crippen molar-refractivity contribution in [3.63, 3.8) is 0 Å². The fraction of sp³-hybridized carbons (Fsp3) is 0.423. The van der Waals surface area contributed by atoms with E-state index in [0.29, 0.717) is 36.7 Å². The van der Waals surface area contributed by atoms with E-state index < -0.39 is 0 Å². The van der Waals surface area contributed by atoms with Crippen molar-refractivity contribution < 1.29 is 14.3 Å². The fourth-order valence-electron chi connectivity index (χ4n) is 4.38. The highest BCUT2D eigenvalue weighted by Crippen LogP contribution is 2.36. The van der Waals surface area contributed by atoms with Gasteiger partial charge in [0.2, 0.25) is 5.91 Å². The molecule has 0 spiro atoms. The van der Waals surface area contributed by atoms with Crippen LogP contribution in [0.25, 0.3) is 6.08 Å². The molecule has 0 radical (unpaired) electrons. The summed E-state index contributed by atoms with van der Waals surface area (Å²) in [5.41, 5.74) is 2.34.